The smallest absolute Gasteiger partial charge is 0.124 e. The molecule has 6 heteroatoms. The molecule has 0 radical (unpaired) electrons. The normalized spacial score (nSPS) is 11.4. The molecule has 1 N–H and O–H groups in total. The topological polar surface area (TPSA) is 61.6 Å². The molecule has 4 nitrogen and oxygen atoms in total. The number of quaternary nitrogens is 1. The molecule has 3 aromatic carbocycles. The Morgan fingerprint density at radius 2 is 1.12 bits per heavy atom. The molecule has 0 unspecified atom stereocenters. The summed E-state index contributed by atoms with van der Waals surface area (Å²) in [6.07, 6.45) is 0. The first-order valence-corrected chi connectivity index (χ1v) is 14.2. The van der Waals surface area contributed by atoms with E-state index in [0.717, 1.165) is 22.0 Å². The van der Waals surface area contributed by atoms with Gasteiger partial charge < -0.3 is 9.45 Å². The summed E-state index contributed by atoms with van der Waals surface area (Å²) in [7, 11) is -5.48. The Labute approximate surface area is 201 Å². The van der Waals surface area contributed by atoms with Gasteiger partial charge in [0.25, 0.3) is 0 Å². The van der Waals surface area contributed by atoms with Crippen LogP contribution in [0.5, 0.6) is 0 Å². The molecule has 33 heavy (non-hydrogen) atoms. The molecule has 0 saturated carbocycles. The van der Waals surface area contributed by atoms with Crippen molar-refractivity contribution in [2.24, 2.45) is 0 Å². The summed E-state index contributed by atoms with van der Waals surface area (Å²) in [5, 5.41) is 3.24. The molecule has 0 atom stereocenters. The summed E-state index contributed by atoms with van der Waals surface area (Å²) in [5.41, 5.74) is 3.28. The zero-order valence-corrected chi connectivity index (χ0v) is 22.3. The van der Waals surface area contributed by atoms with Crippen LogP contribution in [0.2, 0.25) is 0 Å². The van der Waals surface area contributed by atoms with E-state index >= 15 is 0 Å². The molecule has 0 spiro atoms. The fourth-order valence-corrected chi connectivity index (χ4v) is 7.14. The Hall–Kier alpha value is -2.04. The predicted octanol–water partition coefficient (Wildman–Crippen LogP) is 3.21. The van der Waals surface area contributed by atoms with E-state index in [9.17, 15) is 13.0 Å². The maximum Gasteiger partial charge on any atom is 0.124 e. The molecular formula is C27H36NO3PS. The van der Waals surface area contributed by atoms with Gasteiger partial charge in [-0.25, -0.2) is 8.42 Å². The van der Waals surface area contributed by atoms with Gasteiger partial charge in [0.05, 0.1) is 24.5 Å². The minimum atomic E-state index is -4.50. The first-order valence-electron chi connectivity index (χ1n) is 11.4. The molecule has 0 fully saturated rings. The van der Waals surface area contributed by atoms with Crippen molar-refractivity contribution in [2.75, 3.05) is 19.6 Å². The summed E-state index contributed by atoms with van der Waals surface area (Å²) >= 11 is 0. The lowest BCUT2D eigenvalue weighted by Gasteiger charge is -2.25. The van der Waals surface area contributed by atoms with E-state index in [2.05, 4.69) is 58.9 Å². The zero-order valence-electron chi connectivity index (χ0n) is 20.6. The molecule has 0 heterocycles. The van der Waals surface area contributed by atoms with Crippen LogP contribution < -0.4 is 20.8 Å². The second kappa shape index (κ2) is 12.4. The van der Waals surface area contributed by atoms with Crippen molar-refractivity contribution in [1.82, 2.24) is 0 Å². The maximum absolute atomic E-state index is 11.6. The predicted molar refractivity (Wildman–Crippen MR) is 140 cm³/mol. The highest BCUT2D eigenvalue weighted by Crippen LogP contribution is 2.37. The van der Waals surface area contributed by atoms with E-state index in [1.54, 1.807) is 17.0 Å². The molecular weight excluding hydrogens is 449 g/mol. The largest absolute Gasteiger partial charge is 0.744 e. The minimum absolute atomic E-state index is 0.173. The Morgan fingerprint density at radius 3 is 1.48 bits per heavy atom. The number of benzene rings is 3. The van der Waals surface area contributed by atoms with Gasteiger partial charge in [0.2, 0.25) is 0 Å². The molecule has 3 rings (SSSR count). The zero-order chi connectivity index (χ0) is 24.6. The lowest BCUT2D eigenvalue weighted by Crippen LogP contribution is -3.11. The number of rotatable bonds is 7. The highest BCUT2D eigenvalue weighted by atomic mass is 32.2. The Kier molecular flexibility index (Phi) is 10.2. The quantitative estimate of drug-likeness (QED) is 0.413. The van der Waals surface area contributed by atoms with Crippen molar-refractivity contribution < 1.29 is 17.9 Å². The van der Waals surface area contributed by atoms with Crippen molar-refractivity contribution in [1.29, 1.82) is 0 Å². The van der Waals surface area contributed by atoms with Crippen molar-refractivity contribution in [3.8, 4) is 0 Å². The standard InChI is InChI=1S/C21H21O3PS.C6H15N/c1-15-8-4-6-10-19(15)25(20-11-7-5-9-16(20)2)21-14-18(26(22,23)24)13-12-17(21)3;1-4-7(5-2)6-3/h4-14H,1-3H3,(H,22,23,24);4-6H2,1-3H3. The molecule has 0 aromatic heterocycles. The van der Waals surface area contributed by atoms with E-state index in [4.69, 9.17) is 0 Å². The number of hydrogen-bond donors (Lipinski definition) is 1. The number of aryl methyl sites for hydroxylation is 3. The van der Waals surface area contributed by atoms with E-state index in [1.165, 1.54) is 36.3 Å². The van der Waals surface area contributed by atoms with Crippen molar-refractivity contribution in [3.63, 3.8) is 0 Å². The Morgan fingerprint density at radius 1 is 0.697 bits per heavy atom. The second-order valence-corrected chi connectivity index (χ2v) is 11.6. The highest BCUT2D eigenvalue weighted by Gasteiger charge is 2.22. The summed E-state index contributed by atoms with van der Waals surface area (Å²) in [6.45, 7) is 16.6. The van der Waals surface area contributed by atoms with Crippen LogP contribution in [0.3, 0.4) is 0 Å². The summed E-state index contributed by atoms with van der Waals surface area (Å²) in [4.78, 5) is 1.51. The van der Waals surface area contributed by atoms with Gasteiger partial charge in [0.15, 0.2) is 0 Å². The second-order valence-electron chi connectivity index (χ2n) is 8.12. The fraction of sp³-hybridized carbons (Fsp3) is 0.333. The first-order chi connectivity index (χ1) is 15.6. The van der Waals surface area contributed by atoms with Gasteiger partial charge in [-0.05, 0) is 94.2 Å². The van der Waals surface area contributed by atoms with Gasteiger partial charge in [0.1, 0.15) is 10.1 Å². The monoisotopic (exact) mass is 485 g/mol. The SMILES string of the molecule is CC[NH+](CC)CC.Cc1ccccc1P(c1ccccc1C)c1cc(S(=O)(=O)[O-])ccc1C. The van der Waals surface area contributed by atoms with Crippen molar-refractivity contribution in [3.05, 3.63) is 83.4 Å². The summed E-state index contributed by atoms with van der Waals surface area (Å²) in [6, 6.07) is 21.0. The molecule has 0 saturated heterocycles. The molecule has 3 aromatic rings. The average molecular weight is 486 g/mol. The Balaban J connectivity index is 0.000000479. The molecule has 0 aliphatic carbocycles. The third-order valence-electron chi connectivity index (χ3n) is 5.92. The minimum Gasteiger partial charge on any atom is -0.744 e. The molecule has 0 amide bonds. The van der Waals surface area contributed by atoms with Gasteiger partial charge in [-0.2, -0.15) is 0 Å². The Bertz CT molecular complexity index is 1110. The fourth-order valence-electron chi connectivity index (χ4n) is 3.75. The van der Waals surface area contributed by atoms with E-state index in [0.29, 0.717) is 0 Å². The summed E-state index contributed by atoms with van der Waals surface area (Å²) < 4.78 is 34.7. The number of nitrogens with one attached hydrogen (secondary N) is 1. The molecule has 0 aliphatic heterocycles. The van der Waals surface area contributed by atoms with E-state index in [-0.39, 0.29) is 4.90 Å². The van der Waals surface area contributed by atoms with Crippen LogP contribution in [0.4, 0.5) is 0 Å². The lowest BCUT2D eigenvalue weighted by molar-refractivity contribution is -0.894. The van der Waals surface area contributed by atoms with E-state index in [1.807, 2.05) is 31.2 Å². The van der Waals surface area contributed by atoms with Crippen LogP contribution in [-0.4, -0.2) is 32.6 Å². The van der Waals surface area contributed by atoms with Gasteiger partial charge in [-0.15, -0.1) is 0 Å². The average Bonchev–Trinajstić information content (AvgIpc) is 2.78. The van der Waals surface area contributed by atoms with E-state index < -0.39 is 18.0 Å². The van der Waals surface area contributed by atoms with Crippen molar-refractivity contribution >= 4 is 34.0 Å². The van der Waals surface area contributed by atoms with Crippen LogP contribution in [0.15, 0.2) is 71.6 Å². The lowest BCUT2D eigenvalue weighted by atomic mass is 10.2. The number of hydrogen-bond acceptors (Lipinski definition) is 3. The van der Waals surface area contributed by atoms with Crippen LogP contribution in [0.1, 0.15) is 37.5 Å². The van der Waals surface area contributed by atoms with Crippen LogP contribution in [-0.2, 0) is 10.1 Å². The van der Waals surface area contributed by atoms with Crippen molar-refractivity contribution in [2.45, 2.75) is 46.4 Å². The molecule has 178 valence electrons. The summed E-state index contributed by atoms with van der Waals surface area (Å²) in [5.74, 6) is 0. The third-order valence-corrected chi connectivity index (χ3v) is 9.68. The molecule has 0 bridgehead atoms. The van der Waals surface area contributed by atoms with Gasteiger partial charge in [0, 0.05) is 0 Å². The van der Waals surface area contributed by atoms with Crippen LogP contribution in [0, 0.1) is 20.8 Å². The maximum atomic E-state index is 11.6. The molecule has 0 aliphatic rings. The van der Waals surface area contributed by atoms with Gasteiger partial charge in [-0.3, -0.25) is 0 Å². The first kappa shape index (κ1) is 27.2. The van der Waals surface area contributed by atoms with Crippen LogP contribution >= 0.6 is 7.92 Å². The third kappa shape index (κ3) is 7.22. The highest BCUT2D eigenvalue weighted by molar-refractivity contribution is 7.86. The van der Waals surface area contributed by atoms with Gasteiger partial charge in [-0.1, -0.05) is 54.6 Å². The van der Waals surface area contributed by atoms with Gasteiger partial charge >= 0.3 is 0 Å². The van der Waals surface area contributed by atoms with Crippen LogP contribution in [0.25, 0.3) is 0 Å².